The third kappa shape index (κ3) is 4.40. The van der Waals surface area contributed by atoms with Crippen LogP contribution in [0.4, 0.5) is 0 Å². The lowest BCUT2D eigenvalue weighted by Crippen LogP contribution is -2.42. The van der Waals surface area contributed by atoms with Crippen LogP contribution in [0.1, 0.15) is 40.7 Å². The van der Waals surface area contributed by atoms with Crippen LogP contribution in [-0.4, -0.2) is 36.5 Å². The Balaban J connectivity index is 1.36. The fourth-order valence-electron chi connectivity index (χ4n) is 4.05. The highest BCUT2D eigenvalue weighted by Crippen LogP contribution is 2.33. The second-order valence-electron chi connectivity index (χ2n) is 7.69. The van der Waals surface area contributed by atoms with Gasteiger partial charge in [-0.25, -0.2) is 0 Å². The van der Waals surface area contributed by atoms with Gasteiger partial charge in [0, 0.05) is 36.0 Å². The Kier molecular flexibility index (Phi) is 5.76. The van der Waals surface area contributed by atoms with Crippen LogP contribution in [0.2, 0.25) is 5.02 Å². The molecule has 4 rings (SSSR count). The van der Waals surface area contributed by atoms with Crippen LogP contribution in [0.3, 0.4) is 0 Å². The second-order valence-corrected chi connectivity index (χ2v) is 8.13. The van der Waals surface area contributed by atoms with Gasteiger partial charge < -0.3 is 14.4 Å². The van der Waals surface area contributed by atoms with E-state index in [9.17, 15) is 9.59 Å². The van der Waals surface area contributed by atoms with Crippen LogP contribution < -0.4 is 9.47 Å². The van der Waals surface area contributed by atoms with Gasteiger partial charge in [-0.2, -0.15) is 0 Å². The number of amides is 1. The van der Waals surface area contributed by atoms with Crippen LogP contribution in [0.25, 0.3) is 0 Å². The number of likely N-dealkylation sites (tertiary alicyclic amines) is 1. The predicted octanol–water partition coefficient (Wildman–Crippen LogP) is 4.43. The summed E-state index contributed by atoms with van der Waals surface area (Å²) in [5.41, 5.74) is 2.63. The van der Waals surface area contributed by atoms with Crippen LogP contribution >= 0.6 is 11.6 Å². The molecule has 0 aliphatic carbocycles. The van der Waals surface area contributed by atoms with E-state index >= 15 is 0 Å². The molecule has 1 amide bonds. The number of fused-ring (bicyclic) bond motifs is 1. The minimum Gasteiger partial charge on any atom is -0.454 e. The molecule has 2 aromatic rings. The summed E-state index contributed by atoms with van der Waals surface area (Å²) in [6.45, 7) is 3.34. The lowest BCUT2D eigenvalue weighted by atomic mass is 9.88. The number of hydrogen-bond donors (Lipinski definition) is 0. The van der Waals surface area contributed by atoms with E-state index in [4.69, 9.17) is 21.1 Å². The lowest BCUT2D eigenvalue weighted by Gasteiger charge is -2.32. The molecule has 2 aliphatic heterocycles. The van der Waals surface area contributed by atoms with Gasteiger partial charge in [0.05, 0.1) is 0 Å². The summed E-state index contributed by atoms with van der Waals surface area (Å²) < 4.78 is 10.7. The summed E-state index contributed by atoms with van der Waals surface area (Å²) in [5, 5.41) is 0.628. The minimum atomic E-state index is -0.155. The molecule has 6 heteroatoms. The van der Waals surface area contributed by atoms with Crippen LogP contribution in [0.15, 0.2) is 36.4 Å². The zero-order valence-electron chi connectivity index (χ0n) is 16.4. The third-order valence-electron chi connectivity index (χ3n) is 5.66. The van der Waals surface area contributed by atoms with Gasteiger partial charge >= 0.3 is 0 Å². The zero-order valence-corrected chi connectivity index (χ0v) is 17.2. The van der Waals surface area contributed by atoms with Crippen molar-refractivity contribution in [1.82, 2.24) is 4.90 Å². The Labute approximate surface area is 175 Å². The normalized spacial score (nSPS) is 18.0. The highest BCUT2D eigenvalue weighted by atomic mass is 35.5. The average molecular weight is 414 g/mol. The first kappa shape index (κ1) is 19.8. The van der Waals surface area contributed by atoms with E-state index in [0.29, 0.717) is 36.5 Å². The molecule has 2 aromatic carbocycles. The molecule has 152 valence electrons. The number of ketones is 1. The van der Waals surface area contributed by atoms with Crippen molar-refractivity contribution in [3.63, 3.8) is 0 Å². The molecule has 5 nitrogen and oxygen atoms in total. The number of halogens is 1. The van der Waals surface area contributed by atoms with E-state index in [0.717, 1.165) is 35.5 Å². The first-order valence-corrected chi connectivity index (χ1v) is 10.4. The molecule has 1 atom stereocenters. The van der Waals surface area contributed by atoms with Crippen molar-refractivity contribution in [2.75, 3.05) is 19.9 Å². The van der Waals surface area contributed by atoms with Gasteiger partial charge in [0.25, 0.3) is 0 Å². The van der Waals surface area contributed by atoms with Crippen molar-refractivity contribution < 1.29 is 19.1 Å². The summed E-state index contributed by atoms with van der Waals surface area (Å²) in [6, 6.07) is 11.1. The van der Waals surface area contributed by atoms with Gasteiger partial charge in [-0.15, -0.1) is 0 Å². The number of carbonyl (C=O) groups is 2. The minimum absolute atomic E-state index is 0.0907. The summed E-state index contributed by atoms with van der Waals surface area (Å²) in [6.07, 6.45) is 2.72. The van der Waals surface area contributed by atoms with Gasteiger partial charge in [-0.3, -0.25) is 9.59 Å². The van der Waals surface area contributed by atoms with E-state index in [2.05, 4.69) is 0 Å². The molecule has 1 fully saturated rings. The topological polar surface area (TPSA) is 55.8 Å². The highest BCUT2D eigenvalue weighted by molar-refractivity contribution is 6.30. The number of Topliss-reactive ketones (excluding diaryl/α,β-unsaturated/α-hetero) is 1. The van der Waals surface area contributed by atoms with Crippen LogP contribution in [0.5, 0.6) is 11.5 Å². The van der Waals surface area contributed by atoms with E-state index in [-0.39, 0.29) is 24.4 Å². The van der Waals surface area contributed by atoms with Crippen molar-refractivity contribution in [3.05, 3.63) is 58.1 Å². The first-order chi connectivity index (χ1) is 14.0. The number of hydrogen-bond acceptors (Lipinski definition) is 4. The largest absolute Gasteiger partial charge is 0.454 e. The Morgan fingerprint density at radius 2 is 1.97 bits per heavy atom. The summed E-state index contributed by atoms with van der Waals surface area (Å²) in [7, 11) is 0. The number of nitrogens with zero attached hydrogens (tertiary/aromatic N) is 1. The molecule has 2 aliphatic rings. The Morgan fingerprint density at radius 3 is 2.79 bits per heavy atom. The quantitative estimate of drug-likeness (QED) is 0.680. The Bertz CT molecular complexity index is 942. The molecule has 1 unspecified atom stereocenters. The van der Waals surface area contributed by atoms with Crippen molar-refractivity contribution in [2.24, 2.45) is 5.92 Å². The Hall–Kier alpha value is -2.53. The molecular weight excluding hydrogens is 390 g/mol. The standard InChI is InChI=1S/C23H24ClNO4/c1-15-11-18(24)6-7-19(15)23(27)17-3-2-10-25(13-17)22(26)9-5-16-4-8-20-21(12-16)29-14-28-20/h4,6-8,11-12,17H,2-3,5,9-10,13-14H2,1H3. The number of aryl methyl sites for hydroxylation is 2. The number of carbonyl (C=O) groups excluding carboxylic acids is 2. The number of benzene rings is 2. The molecule has 0 spiro atoms. The predicted molar refractivity (Wildman–Crippen MR) is 111 cm³/mol. The number of rotatable bonds is 5. The van der Waals surface area contributed by atoms with Crippen molar-refractivity contribution in [3.8, 4) is 11.5 Å². The van der Waals surface area contributed by atoms with Crippen LogP contribution in [0, 0.1) is 12.8 Å². The third-order valence-corrected chi connectivity index (χ3v) is 5.90. The Morgan fingerprint density at radius 1 is 1.14 bits per heavy atom. The molecular formula is C23H24ClNO4. The van der Waals surface area contributed by atoms with Crippen molar-refractivity contribution in [2.45, 2.75) is 32.6 Å². The zero-order chi connectivity index (χ0) is 20.4. The molecule has 0 bridgehead atoms. The maximum absolute atomic E-state index is 13.0. The summed E-state index contributed by atoms with van der Waals surface area (Å²) in [4.78, 5) is 27.6. The van der Waals surface area contributed by atoms with E-state index in [1.165, 1.54) is 0 Å². The van der Waals surface area contributed by atoms with E-state index < -0.39 is 0 Å². The first-order valence-electron chi connectivity index (χ1n) is 9.98. The van der Waals surface area contributed by atoms with E-state index in [1.54, 1.807) is 12.1 Å². The molecule has 0 saturated carbocycles. The fourth-order valence-corrected chi connectivity index (χ4v) is 4.27. The number of piperidine rings is 1. The van der Waals surface area contributed by atoms with Gasteiger partial charge in [-0.05, 0) is 67.6 Å². The molecule has 0 radical (unpaired) electrons. The van der Waals surface area contributed by atoms with Gasteiger partial charge in [-0.1, -0.05) is 17.7 Å². The number of ether oxygens (including phenoxy) is 2. The van der Waals surface area contributed by atoms with Gasteiger partial charge in [0.1, 0.15) is 0 Å². The van der Waals surface area contributed by atoms with Crippen LogP contribution in [-0.2, 0) is 11.2 Å². The monoisotopic (exact) mass is 413 g/mol. The lowest BCUT2D eigenvalue weighted by molar-refractivity contribution is -0.132. The SMILES string of the molecule is Cc1cc(Cl)ccc1C(=O)C1CCCN(C(=O)CCc2ccc3c(c2)OCO3)C1. The molecule has 2 heterocycles. The van der Waals surface area contributed by atoms with E-state index in [1.807, 2.05) is 36.1 Å². The second kappa shape index (κ2) is 8.46. The maximum Gasteiger partial charge on any atom is 0.231 e. The molecule has 29 heavy (non-hydrogen) atoms. The van der Waals surface area contributed by atoms with Gasteiger partial charge in [0.2, 0.25) is 12.7 Å². The van der Waals surface area contributed by atoms with Crippen molar-refractivity contribution >= 4 is 23.3 Å². The molecule has 0 N–H and O–H groups in total. The average Bonchev–Trinajstić information content (AvgIpc) is 3.19. The summed E-state index contributed by atoms with van der Waals surface area (Å²) >= 11 is 6.01. The molecule has 0 aromatic heterocycles. The fraction of sp³-hybridized carbons (Fsp3) is 0.391. The summed E-state index contributed by atoms with van der Waals surface area (Å²) in [5.74, 6) is 1.52. The van der Waals surface area contributed by atoms with Crippen molar-refractivity contribution in [1.29, 1.82) is 0 Å². The molecule has 1 saturated heterocycles. The highest BCUT2D eigenvalue weighted by Gasteiger charge is 2.29. The maximum atomic E-state index is 13.0. The van der Waals surface area contributed by atoms with Gasteiger partial charge in [0.15, 0.2) is 17.3 Å². The smallest absolute Gasteiger partial charge is 0.231 e.